The first-order valence-corrected chi connectivity index (χ1v) is 19.8. The van der Waals surface area contributed by atoms with Gasteiger partial charge in [-0.05, 0) is 69.2 Å². The Morgan fingerprint density at radius 1 is 1.07 bits per heavy atom. The zero-order valence-electron chi connectivity index (χ0n) is 28.0. The van der Waals surface area contributed by atoms with E-state index in [-0.39, 0.29) is 11.2 Å². The van der Waals surface area contributed by atoms with Gasteiger partial charge < -0.3 is 24.8 Å². The number of carbonyl (C=O) groups is 4. The molecule has 0 spiro atoms. The molecule has 10 nitrogen and oxygen atoms in total. The third-order valence-corrected chi connectivity index (χ3v) is 10.8. The molecule has 258 valence electrons. The molecule has 14 heteroatoms. The second-order valence-electron chi connectivity index (χ2n) is 12.0. The van der Waals surface area contributed by atoms with Crippen molar-refractivity contribution in [3.8, 4) is 0 Å². The molecule has 1 aliphatic rings. The van der Waals surface area contributed by atoms with E-state index >= 15 is 0 Å². The van der Waals surface area contributed by atoms with Crippen LogP contribution in [-0.4, -0.2) is 102 Å². The molecule has 1 aliphatic heterocycles. The molecule has 1 saturated heterocycles. The number of ether oxygens (including phenoxy) is 3. The average molecular weight is 716 g/mol. The lowest BCUT2D eigenvalue weighted by Gasteiger charge is -2.25. The average Bonchev–Trinajstić information content (AvgIpc) is 3.40. The maximum atomic E-state index is 13.7. The summed E-state index contributed by atoms with van der Waals surface area (Å²) in [4.78, 5) is 53.5. The highest BCUT2D eigenvalue weighted by molar-refractivity contribution is 8.82. The van der Waals surface area contributed by atoms with E-state index in [0.29, 0.717) is 43.4 Å². The molecule has 1 aromatic carbocycles. The lowest BCUT2D eigenvalue weighted by atomic mass is 10.0. The van der Waals surface area contributed by atoms with Crippen molar-refractivity contribution in [3.63, 3.8) is 0 Å². The van der Waals surface area contributed by atoms with Gasteiger partial charge in [0.1, 0.15) is 11.6 Å². The lowest BCUT2D eigenvalue weighted by Crippen LogP contribution is -2.50. The van der Waals surface area contributed by atoms with Crippen molar-refractivity contribution in [1.29, 1.82) is 0 Å². The van der Waals surface area contributed by atoms with Gasteiger partial charge in [0.05, 0.1) is 26.3 Å². The Labute approximate surface area is 290 Å². The largest absolute Gasteiger partial charge is 0.467 e. The first-order chi connectivity index (χ1) is 21.8. The van der Waals surface area contributed by atoms with E-state index in [1.165, 1.54) is 30.6 Å². The molecule has 2 rings (SSSR count). The summed E-state index contributed by atoms with van der Waals surface area (Å²) in [6.45, 7) is 10.8. The van der Waals surface area contributed by atoms with Gasteiger partial charge in [-0.1, -0.05) is 48.9 Å². The molecule has 1 aromatic rings. The summed E-state index contributed by atoms with van der Waals surface area (Å²) in [6.07, 6.45) is 6.24. The SMILES string of the molecule is COC(=O)SSC[C@@H](/C=C/CN1C[C@@H](Sc2ccc(C(C)C)cc2)C[C@H]1C(=O)N[C@@H](CCSC)C(=O)OC)NC(=O)OC(C)(C)C. The van der Waals surface area contributed by atoms with Crippen molar-refractivity contribution in [2.75, 3.05) is 45.1 Å². The van der Waals surface area contributed by atoms with Crippen molar-refractivity contribution in [1.82, 2.24) is 15.5 Å². The third kappa shape index (κ3) is 14.8. The van der Waals surface area contributed by atoms with Crippen LogP contribution in [0.3, 0.4) is 0 Å². The van der Waals surface area contributed by atoms with Crippen molar-refractivity contribution >= 4 is 68.4 Å². The van der Waals surface area contributed by atoms with Crippen LogP contribution in [-0.2, 0) is 23.8 Å². The molecule has 1 fully saturated rings. The normalized spacial score (nSPS) is 18.3. The Morgan fingerprint density at radius 2 is 1.76 bits per heavy atom. The van der Waals surface area contributed by atoms with E-state index in [9.17, 15) is 19.2 Å². The molecule has 0 radical (unpaired) electrons. The molecule has 4 atom stereocenters. The minimum absolute atomic E-state index is 0.152. The number of nitrogens with zero attached hydrogens (tertiary/aromatic N) is 1. The fourth-order valence-electron chi connectivity index (χ4n) is 4.59. The van der Waals surface area contributed by atoms with Crippen LogP contribution in [0.25, 0.3) is 0 Å². The number of benzene rings is 1. The van der Waals surface area contributed by atoms with Crippen LogP contribution in [0.5, 0.6) is 0 Å². The number of amides is 2. The summed E-state index contributed by atoms with van der Waals surface area (Å²) in [5.74, 6) is 0.875. The minimum atomic E-state index is -0.718. The molecule has 2 N–H and O–H groups in total. The highest BCUT2D eigenvalue weighted by atomic mass is 33.1. The van der Waals surface area contributed by atoms with Crippen molar-refractivity contribution in [3.05, 3.63) is 42.0 Å². The van der Waals surface area contributed by atoms with E-state index in [2.05, 4.69) is 53.6 Å². The van der Waals surface area contributed by atoms with Crippen LogP contribution >= 0.6 is 45.1 Å². The monoisotopic (exact) mass is 715 g/mol. The van der Waals surface area contributed by atoms with Gasteiger partial charge in [0, 0.05) is 39.8 Å². The van der Waals surface area contributed by atoms with Crippen LogP contribution in [0, 0.1) is 0 Å². The fraction of sp³-hybridized carbons (Fsp3) is 0.625. The Morgan fingerprint density at radius 3 is 2.35 bits per heavy atom. The number of hydrogen-bond donors (Lipinski definition) is 2. The highest BCUT2D eigenvalue weighted by Crippen LogP contribution is 2.34. The van der Waals surface area contributed by atoms with Gasteiger partial charge in [-0.2, -0.15) is 11.8 Å². The Hall–Kier alpha value is -2.00. The number of rotatable bonds is 16. The smallest absolute Gasteiger partial charge is 0.408 e. The summed E-state index contributed by atoms with van der Waals surface area (Å²) in [5, 5.41) is 5.52. The number of likely N-dealkylation sites (tertiary alicyclic amines) is 1. The molecule has 0 aromatic heterocycles. The summed E-state index contributed by atoms with van der Waals surface area (Å²) in [7, 11) is 4.85. The number of nitrogens with one attached hydrogen (secondary N) is 2. The van der Waals surface area contributed by atoms with Crippen molar-refractivity contribution < 1.29 is 33.4 Å². The van der Waals surface area contributed by atoms with Crippen LogP contribution in [0.2, 0.25) is 0 Å². The van der Waals surface area contributed by atoms with E-state index < -0.39 is 41.1 Å². The summed E-state index contributed by atoms with van der Waals surface area (Å²) in [6, 6.07) is 6.94. The molecule has 2 amide bonds. The van der Waals surface area contributed by atoms with Gasteiger partial charge in [-0.25, -0.2) is 14.4 Å². The van der Waals surface area contributed by atoms with Crippen LogP contribution in [0.1, 0.15) is 58.9 Å². The lowest BCUT2D eigenvalue weighted by molar-refractivity contribution is -0.145. The summed E-state index contributed by atoms with van der Waals surface area (Å²) >= 11 is 3.35. The first-order valence-electron chi connectivity index (χ1n) is 15.2. The second kappa shape index (κ2) is 20.4. The second-order valence-corrected chi connectivity index (χ2v) is 16.7. The Bertz CT molecular complexity index is 1160. The van der Waals surface area contributed by atoms with Crippen LogP contribution < -0.4 is 10.6 Å². The summed E-state index contributed by atoms with van der Waals surface area (Å²) < 4.78 is 15.1. The molecule has 0 aliphatic carbocycles. The van der Waals surface area contributed by atoms with Gasteiger partial charge in [-0.15, -0.1) is 11.8 Å². The number of carbonyl (C=O) groups excluding carboxylic acids is 4. The maximum Gasteiger partial charge on any atom is 0.408 e. The van der Waals surface area contributed by atoms with Gasteiger partial charge in [0.25, 0.3) is 0 Å². The van der Waals surface area contributed by atoms with E-state index in [1.54, 1.807) is 44.3 Å². The Balaban J connectivity index is 2.22. The minimum Gasteiger partial charge on any atom is -0.467 e. The van der Waals surface area contributed by atoms with Crippen LogP contribution in [0.15, 0.2) is 41.3 Å². The zero-order valence-corrected chi connectivity index (χ0v) is 31.3. The topological polar surface area (TPSA) is 123 Å². The molecule has 0 bridgehead atoms. The van der Waals surface area contributed by atoms with Gasteiger partial charge in [-0.3, -0.25) is 9.69 Å². The number of methoxy groups -OCH3 is 2. The molecule has 0 unspecified atom stereocenters. The van der Waals surface area contributed by atoms with Gasteiger partial charge >= 0.3 is 17.4 Å². The predicted octanol–water partition coefficient (Wildman–Crippen LogP) is 6.35. The van der Waals surface area contributed by atoms with Crippen LogP contribution in [0.4, 0.5) is 9.59 Å². The number of thioether (sulfide) groups is 2. The van der Waals surface area contributed by atoms with Crippen molar-refractivity contribution in [2.24, 2.45) is 0 Å². The zero-order chi connectivity index (χ0) is 34.3. The number of hydrogen-bond acceptors (Lipinski definition) is 12. The van der Waals surface area contributed by atoms with E-state index in [1.807, 2.05) is 18.4 Å². The fourth-order valence-corrected chi connectivity index (χ4v) is 8.00. The predicted molar refractivity (Wildman–Crippen MR) is 192 cm³/mol. The number of esters is 1. The highest BCUT2D eigenvalue weighted by Gasteiger charge is 2.38. The quantitative estimate of drug-likeness (QED) is 0.0858. The molecule has 46 heavy (non-hydrogen) atoms. The molecule has 0 saturated carbocycles. The van der Waals surface area contributed by atoms with E-state index in [4.69, 9.17) is 14.2 Å². The van der Waals surface area contributed by atoms with Gasteiger partial charge in [0.15, 0.2) is 0 Å². The standard InChI is InChI=1S/C32H49N3O7S4/c1-21(2)22-11-13-24(14-12-22)45-25-18-27(28(36)34-26(15-17-43-8)29(37)40-6)35(19-25)16-9-10-23(20-44-46-31(39)41-7)33-30(38)42-32(3,4)5/h9-14,21,23,25-27H,15-20H2,1-8H3,(H,33,38)(H,34,36)/b10-9+/t23-,25+,26+,27+/m1/s1. The van der Waals surface area contributed by atoms with E-state index in [0.717, 1.165) is 15.7 Å². The van der Waals surface area contributed by atoms with Gasteiger partial charge in [0.2, 0.25) is 5.91 Å². The Kier molecular flexibility index (Phi) is 17.8. The molecule has 1 heterocycles. The first kappa shape index (κ1) is 40.2. The molecular formula is C32H49N3O7S4. The molecular weight excluding hydrogens is 667 g/mol. The maximum absolute atomic E-state index is 13.7. The van der Waals surface area contributed by atoms with Crippen molar-refractivity contribution in [2.45, 2.75) is 87.3 Å². The summed E-state index contributed by atoms with van der Waals surface area (Å²) in [5.41, 5.74) is 0.610. The number of alkyl carbamates (subject to hydrolysis) is 1. The third-order valence-electron chi connectivity index (χ3n) is 6.88.